The number of imidazole rings is 1. The van der Waals surface area contributed by atoms with Crippen molar-refractivity contribution in [1.29, 1.82) is 0 Å². The molecule has 2 aromatic carbocycles. The van der Waals surface area contributed by atoms with Crippen LogP contribution in [0.25, 0.3) is 5.69 Å². The van der Waals surface area contributed by atoms with Crippen molar-refractivity contribution in [2.75, 3.05) is 0 Å². The summed E-state index contributed by atoms with van der Waals surface area (Å²) in [6.45, 7) is 1.68. The quantitative estimate of drug-likeness (QED) is 0.375. The van der Waals surface area contributed by atoms with Crippen molar-refractivity contribution in [2.24, 2.45) is 0 Å². The number of hydrogen-bond donors (Lipinski definition) is 1. The minimum atomic E-state index is -4.41. The van der Waals surface area contributed by atoms with Gasteiger partial charge in [0.2, 0.25) is 5.88 Å². The van der Waals surface area contributed by atoms with E-state index in [4.69, 9.17) is 4.74 Å². The van der Waals surface area contributed by atoms with Crippen LogP contribution in [0, 0.1) is 6.92 Å². The number of nitrogens with zero attached hydrogens (tertiary/aromatic N) is 3. The van der Waals surface area contributed by atoms with Gasteiger partial charge in [-0.05, 0) is 61.2 Å². The van der Waals surface area contributed by atoms with Gasteiger partial charge in [-0.25, -0.2) is 9.36 Å². The molecule has 170 valence electrons. The summed E-state index contributed by atoms with van der Waals surface area (Å²) < 4.78 is 46.0. The second kappa shape index (κ2) is 9.07. The van der Waals surface area contributed by atoms with Crippen LogP contribution in [0.4, 0.5) is 13.2 Å². The van der Waals surface area contributed by atoms with Gasteiger partial charge in [-0.3, -0.25) is 9.55 Å². The number of rotatable bonds is 6. The highest BCUT2D eigenvalue weighted by molar-refractivity contribution is 8.00. The summed E-state index contributed by atoms with van der Waals surface area (Å²) in [6, 6.07) is 16.0. The molecule has 0 aliphatic carbocycles. The van der Waals surface area contributed by atoms with Crippen LogP contribution in [-0.4, -0.2) is 24.7 Å². The second-order valence-corrected chi connectivity index (χ2v) is 8.19. The number of alkyl halides is 3. The summed E-state index contributed by atoms with van der Waals surface area (Å²) in [4.78, 5) is 17.2. The fourth-order valence-corrected chi connectivity index (χ4v) is 3.81. The first-order valence-corrected chi connectivity index (χ1v) is 10.6. The molecule has 2 aromatic heterocycles. The van der Waals surface area contributed by atoms with Gasteiger partial charge in [0.05, 0.1) is 24.1 Å². The molecule has 0 aliphatic heterocycles. The first-order chi connectivity index (χ1) is 15.7. The van der Waals surface area contributed by atoms with Crippen LogP contribution >= 0.6 is 11.8 Å². The third-order valence-corrected chi connectivity index (χ3v) is 5.60. The third-order valence-electron chi connectivity index (χ3n) is 4.86. The summed E-state index contributed by atoms with van der Waals surface area (Å²) in [5.41, 5.74) is -3.74. The van der Waals surface area contributed by atoms with Gasteiger partial charge in [-0.1, -0.05) is 18.2 Å². The molecule has 6 nitrogen and oxygen atoms in total. The van der Waals surface area contributed by atoms with E-state index in [9.17, 15) is 23.1 Å². The monoisotopic (exact) mass is 473 g/mol. The Balaban J connectivity index is 1.66. The largest absolute Gasteiger partial charge is 0.493 e. The number of pyridine rings is 1. The fourth-order valence-electron chi connectivity index (χ4n) is 3.27. The predicted octanol–water partition coefficient (Wildman–Crippen LogP) is 5.50. The van der Waals surface area contributed by atoms with Crippen LogP contribution in [0.3, 0.4) is 0 Å². The lowest BCUT2D eigenvalue weighted by atomic mass is 10.2. The van der Waals surface area contributed by atoms with Crippen LogP contribution in [0.2, 0.25) is 0 Å². The van der Waals surface area contributed by atoms with E-state index in [0.29, 0.717) is 22.8 Å². The molecule has 0 bridgehead atoms. The molecule has 0 saturated heterocycles. The third kappa shape index (κ3) is 5.06. The number of aromatic nitrogens is 3. The number of halogens is 3. The molecular weight excluding hydrogens is 455 g/mol. The lowest BCUT2D eigenvalue weighted by molar-refractivity contribution is -0.0328. The molecule has 4 aromatic rings. The molecule has 0 unspecified atom stereocenters. The topological polar surface area (TPSA) is 69.3 Å². The highest BCUT2D eigenvalue weighted by atomic mass is 32.2. The molecule has 1 N–H and O–H groups in total. The van der Waals surface area contributed by atoms with E-state index in [1.165, 1.54) is 35.0 Å². The maximum Gasteiger partial charge on any atom is 0.446 e. The van der Waals surface area contributed by atoms with Gasteiger partial charge >= 0.3 is 11.2 Å². The maximum absolute atomic E-state index is 13.1. The summed E-state index contributed by atoms with van der Waals surface area (Å²) in [5, 5.41) is 10.6. The number of thioether (sulfide) groups is 1. The molecule has 0 fully saturated rings. The number of ether oxygens (including phenoxy) is 1. The molecule has 2 heterocycles. The lowest BCUT2D eigenvalue weighted by Gasteiger charge is -2.11. The van der Waals surface area contributed by atoms with Crippen molar-refractivity contribution in [2.45, 2.75) is 23.9 Å². The first kappa shape index (κ1) is 22.5. The van der Waals surface area contributed by atoms with E-state index in [1.54, 1.807) is 31.3 Å². The average Bonchev–Trinajstić information content (AvgIpc) is 2.98. The minimum absolute atomic E-state index is 0.0190. The van der Waals surface area contributed by atoms with Crippen molar-refractivity contribution in [3.05, 3.63) is 94.8 Å². The molecule has 33 heavy (non-hydrogen) atoms. The van der Waals surface area contributed by atoms with E-state index in [-0.39, 0.29) is 34.8 Å². The van der Waals surface area contributed by atoms with E-state index < -0.39 is 11.2 Å². The summed E-state index contributed by atoms with van der Waals surface area (Å²) in [6.07, 6.45) is 3.11. The smallest absolute Gasteiger partial charge is 0.446 e. The van der Waals surface area contributed by atoms with Crippen LogP contribution in [-0.2, 0) is 6.54 Å². The van der Waals surface area contributed by atoms with Crippen LogP contribution in [0.1, 0.15) is 11.3 Å². The Kier molecular flexibility index (Phi) is 6.19. The standard InChI is InChI=1S/C23H18F3N3O3S/c1-15-21(30)29(17-7-9-19(10-8-17)33-23(24,25)26)22(31)28(15)14-16-11-12-27-13-20(16)32-18-5-3-2-4-6-18/h2-13,30H,14H2,1H3. The van der Waals surface area contributed by atoms with E-state index >= 15 is 0 Å². The molecule has 0 radical (unpaired) electrons. The molecule has 0 spiro atoms. The molecule has 10 heteroatoms. The van der Waals surface area contributed by atoms with Gasteiger partial charge in [-0.2, -0.15) is 13.2 Å². The number of aromatic hydroxyl groups is 1. The van der Waals surface area contributed by atoms with Crippen molar-refractivity contribution in [3.8, 4) is 23.1 Å². The SMILES string of the molecule is Cc1c(O)n(-c2ccc(SC(F)(F)F)cc2)c(=O)n1Cc1ccncc1Oc1ccccc1. The van der Waals surface area contributed by atoms with Gasteiger partial charge in [0.15, 0.2) is 5.75 Å². The number of hydrogen-bond acceptors (Lipinski definition) is 5. The maximum atomic E-state index is 13.1. The minimum Gasteiger partial charge on any atom is -0.493 e. The average molecular weight is 473 g/mol. The lowest BCUT2D eigenvalue weighted by Crippen LogP contribution is -2.24. The van der Waals surface area contributed by atoms with Gasteiger partial charge < -0.3 is 9.84 Å². The van der Waals surface area contributed by atoms with Crippen LogP contribution < -0.4 is 10.4 Å². The summed E-state index contributed by atoms with van der Waals surface area (Å²) >= 11 is -0.250. The highest BCUT2D eigenvalue weighted by Crippen LogP contribution is 2.37. The van der Waals surface area contributed by atoms with E-state index in [0.717, 1.165) is 4.57 Å². The van der Waals surface area contributed by atoms with Gasteiger partial charge in [0.25, 0.3) is 0 Å². The molecule has 4 rings (SSSR count). The van der Waals surface area contributed by atoms with Crippen molar-refractivity contribution in [1.82, 2.24) is 14.1 Å². The number of benzene rings is 2. The van der Waals surface area contributed by atoms with Crippen molar-refractivity contribution < 1.29 is 23.0 Å². The zero-order valence-corrected chi connectivity index (χ0v) is 18.1. The Labute approximate surface area is 190 Å². The molecular formula is C23H18F3N3O3S. The van der Waals surface area contributed by atoms with Crippen molar-refractivity contribution in [3.63, 3.8) is 0 Å². The Morgan fingerprint density at radius 2 is 1.76 bits per heavy atom. The van der Waals surface area contributed by atoms with Gasteiger partial charge in [0, 0.05) is 16.7 Å². The van der Waals surface area contributed by atoms with Gasteiger partial charge in [-0.15, -0.1) is 0 Å². The molecule has 0 atom stereocenters. The Morgan fingerprint density at radius 1 is 1.06 bits per heavy atom. The zero-order valence-electron chi connectivity index (χ0n) is 17.3. The molecule has 0 amide bonds. The van der Waals surface area contributed by atoms with Crippen LogP contribution in [0.5, 0.6) is 17.4 Å². The Morgan fingerprint density at radius 3 is 2.42 bits per heavy atom. The number of para-hydroxylation sites is 1. The Hall–Kier alpha value is -3.66. The summed E-state index contributed by atoms with van der Waals surface area (Å²) in [7, 11) is 0. The molecule has 0 saturated carbocycles. The molecule has 0 aliphatic rings. The van der Waals surface area contributed by atoms with E-state index in [2.05, 4.69) is 4.98 Å². The highest BCUT2D eigenvalue weighted by Gasteiger charge is 2.29. The van der Waals surface area contributed by atoms with Crippen LogP contribution in [0.15, 0.2) is 82.7 Å². The zero-order chi connectivity index (χ0) is 23.6. The first-order valence-electron chi connectivity index (χ1n) is 9.76. The van der Waals surface area contributed by atoms with E-state index in [1.807, 2.05) is 18.2 Å². The van der Waals surface area contributed by atoms with Gasteiger partial charge in [0.1, 0.15) is 5.75 Å². The summed E-state index contributed by atoms with van der Waals surface area (Å²) in [5.74, 6) is 0.764. The fraction of sp³-hybridized carbons (Fsp3) is 0.130. The second-order valence-electron chi connectivity index (χ2n) is 7.05. The predicted molar refractivity (Wildman–Crippen MR) is 118 cm³/mol. The normalized spacial score (nSPS) is 11.5. The Bertz CT molecular complexity index is 1320. The van der Waals surface area contributed by atoms with Crippen molar-refractivity contribution >= 4 is 11.8 Å².